The lowest BCUT2D eigenvalue weighted by atomic mass is 9.87. The molecule has 26 heavy (non-hydrogen) atoms. The van der Waals surface area contributed by atoms with Gasteiger partial charge in [-0.25, -0.2) is 4.39 Å². The van der Waals surface area contributed by atoms with Crippen LogP contribution in [0.3, 0.4) is 0 Å². The zero-order valence-electron chi connectivity index (χ0n) is 14.9. The van der Waals surface area contributed by atoms with Crippen molar-refractivity contribution in [3.63, 3.8) is 0 Å². The van der Waals surface area contributed by atoms with Crippen molar-refractivity contribution in [1.82, 2.24) is 25.5 Å². The molecule has 1 heterocycles. The smallest absolute Gasteiger partial charge is 0.251 e. The molecule has 3 rings (SSSR count). The molecule has 0 bridgehead atoms. The van der Waals surface area contributed by atoms with E-state index in [9.17, 15) is 9.18 Å². The van der Waals surface area contributed by atoms with Crippen LogP contribution < -0.4 is 5.32 Å². The van der Waals surface area contributed by atoms with Gasteiger partial charge in [0.2, 0.25) is 0 Å². The molecule has 6 nitrogen and oxygen atoms in total. The summed E-state index contributed by atoms with van der Waals surface area (Å²) in [6, 6.07) is 13.4. The molecule has 3 aromatic rings. The summed E-state index contributed by atoms with van der Waals surface area (Å²) in [4.78, 5) is 12.4. The van der Waals surface area contributed by atoms with Crippen molar-refractivity contribution < 1.29 is 9.18 Å². The first-order valence-corrected chi connectivity index (χ1v) is 8.26. The Hall–Kier alpha value is -3.09. The molecule has 1 N–H and O–H groups in total. The van der Waals surface area contributed by atoms with E-state index < -0.39 is 0 Å². The van der Waals surface area contributed by atoms with E-state index in [-0.39, 0.29) is 23.7 Å². The van der Waals surface area contributed by atoms with E-state index >= 15 is 0 Å². The van der Waals surface area contributed by atoms with E-state index in [1.807, 2.05) is 12.1 Å². The molecule has 0 unspecified atom stereocenters. The van der Waals surface area contributed by atoms with Crippen molar-refractivity contribution in [3.8, 4) is 5.69 Å². The summed E-state index contributed by atoms with van der Waals surface area (Å²) in [7, 11) is 0. The summed E-state index contributed by atoms with van der Waals surface area (Å²) >= 11 is 0. The van der Waals surface area contributed by atoms with E-state index in [1.165, 1.54) is 16.8 Å². The maximum atomic E-state index is 13.4. The minimum absolute atomic E-state index is 0.0298. The topological polar surface area (TPSA) is 72.7 Å². The number of benzene rings is 2. The molecule has 2 aromatic carbocycles. The predicted octanol–water partition coefficient (Wildman–Crippen LogP) is 3.03. The van der Waals surface area contributed by atoms with Crippen molar-refractivity contribution in [2.75, 3.05) is 0 Å². The fourth-order valence-electron chi connectivity index (χ4n) is 2.51. The number of aromatic nitrogens is 4. The van der Waals surface area contributed by atoms with E-state index in [4.69, 9.17) is 0 Å². The lowest BCUT2D eigenvalue weighted by Crippen LogP contribution is -2.25. The Kier molecular flexibility index (Phi) is 4.79. The highest BCUT2D eigenvalue weighted by molar-refractivity contribution is 5.94. The highest BCUT2D eigenvalue weighted by Gasteiger charge is 2.15. The summed E-state index contributed by atoms with van der Waals surface area (Å²) in [6.45, 7) is 6.49. The third-order valence-electron chi connectivity index (χ3n) is 4.01. The summed E-state index contributed by atoms with van der Waals surface area (Å²) in [6.07, 6.45) is 0. The fraction of sp³-hybridized carbons (Fsp3) is 0.263. The van der Waals surface area contributed by atoms with Gasteiger partial charge in [-0.2, -0.15) is 4.68 Å². The predicted molar refractivity (Wildman–Crippen MR) is 95.4 cm³/mol. The normalized spacial score (nSPS) is 11.4. The highest BCUT2D eigenvalue weighted by Crippen LogP contribution is 2.22. The number of hydrogen-bond donors (Lipinski definition) is 1. The summed E-state index contributed by atoms with van der Waals surface area (Å²) in [5.74, 6) is -0.193. The van der Waals surface area contributed by atoms with Crippen LogP contribution in [-0.2, 0) is 12.0 Å². The number of nitrogens with one attached hydrogen (secondary N) is 1. The Morgan fingerprint density at radius 3 is 2.54 bits per heavy atom. The van der Waals surface area contributed by atoms with Gasteiger partial charge in [0.15, 0.2) is 5.82 Å². The van der Waals surface area contributed by atoms with Crippen LogP contribution in [-0.4, -0.2) is 26.1 Å². The summed E-state index contributed by atoms with van der Waals surface area (Å²) in [5, 5.41) is 14.1. The van der Waals surface area contributed by atoms with Crippen LogP contribution in [0.4, 0.5) is 4.39 Å². The van der Waals surface area contributed by atoms with Crippen molar-refractivity contribution in [1.29, 1.82) is 0 Å². The molecule has 134 valence electrons. The molecule has 1 aromatic heterocycles. The van der Waals surface area contributed by atoms with Crippen LogP contribution in [0.15, 0.2) is 48.5 Å². The third kappa shape index (κ3) is 3.93. The molecule has 0 saturated heterocycles. The molecular weight excluding hydrogens is 333 g/mol. The molecular formula is C19H20FN5O. The lowest BCUT2D eigenvalue weighted by molar-refractivity contribution is 0.0949. The standard InChI is InChI=1S/C19H20FN5O/c1-19(2,3)14-9-7-13(8-10-14)18(26)21-12-17-22-23-24-25(17)16-6-4-5-15(20)11-16/h4-11H,12H2,1-3H3,(H,21,26). The van der Waals surface area contributed by atoms with Crippen molar-refractivity contribution >= 4 is 5.91 Å². The second-order valence-corrected chi connectivity index (χ2v) is 7.00. The highest BCUT2D eigenvalue weighted by atomic mass is 19.1. The van der Waals surface area contributed by atoms with E-state index in [1.54, 1.807) is 24.3 Å². The van der Waals surface area contributed by atoms with Gasteiger partial charge in [-0.15, -0.1) is 5.10 Å². The van der Waals surface area contributed by atoms with Gasteiger partial charge in [-0.1, -0.05) is 39.0 Å². The van der Waals surface area contributed by atoms with E-state index in [0.717, 1.165) is 5.56 Å². The number of carbonyl (C=O) groups excluding carboxylic acids is 1. The number of rotatable bonds is 4. The third-order valence-corrected chi connectivity index (χ3v) is 4.01. The zero-order valence-corrected chi connectivity index (χ0v) is 14.9. The van der Waals surface area contributed by atoms with E-state index in [2.05, 4.69) is 41.6 Å². The van der Waals surface area contributed by atoms with Crippen LogP contribution in [0.2, 0.25) is 0 Å². The monoisotopic (exact) mass is 353 g/mol. The second kappa shape index (κ2) is 7.03. The number of halogens is 1. The maximum absolute atomic E-state index is 13.4. The van der Waals surface area contributed by atoms with Crippen molar-refractivity contribution in [2.45, 2.75) is 32.7 Å². The Morgan fingerprint density at radius 2 is 1.88 bits per heavy atom. The number of tetrazole rings is 1. The zero-order chi connectivity index (χ0) is 18.7. The number of hydrogen-bond acceptors (Lipinski definition) is 4. The molecule has 0 atom stereocenters. The molecule has 0 aliphatic carbocycles. The van der Waals surface area contributed by atoms with E-state index in [0.29, 0.717) is 17.1 Å². The molecule has 0 spiro atoms. The largest absolute Gasteiger partial charge is 0.345 e. The number of amides is 1. The molecule has 1 amide bonds. The minimum Gasteiger partial charge on any atom is -0.345 e. The number of nitrogens with zero attached hydrogens (tertiary/aromatic N) is 4. The van der Waals surface area contributed by atoms with Crippen LogP contribution in [0.5, 0.6) is 0 Å². The van der Waals surface area contributed by atoms with Crippen LogP contribution in [0.25, 0.3) is 5.69 Å². The van der Waals surface area contributed by atoms with Crippen molar-refractivity contribution in [3.05, 3.63) is 71.3 Å². The average Bonchev–Trinajstić information content (AvgIpc) is 3.07. The van der Waals surface area contributed by atoms with Gasteiger partial charge >= 0.3 is 0 Å². The summed E-state index contributed by atoms with van der Waals surface area (Å²) < 4.78 is 14.8. The Labute approximate surface area is 151 Å². The lowest BCUT2D eigenvalue weighted by Gasteiger charge is -2.19. The first kappa shape index (κ1) is 17.7. The molecule has 0 radical (unpaired) electrons. The first-order chi connectivity index (χ1) is 12.3. The van der Waals surface area contributed by atoms with Gasteiger partial charge in [-0.3, -0.25) is 4.79 Å². The van der Waals surface area contributed by atoms with Crippen molar-refractivity contribution in [2.24, 2.45) is 0 Å². The van der Waals surface area contributed by atoms with Gasteiger partial charge in [0.05, 0.1) is 12.2 Å². The Balaban J connectivity index is 1.70. The Bertz CT molecular complexity index is 912. The number of carbonyl (C=O) groups is 1. The Morgan fingerprint density at radius 1 is 1.15 bits per heavy atom. The van der Waals surface area contributed by atoms with Gasteiger partial charge < -0.3 is 5.32 Å². The maximum Gasteiger partial charge on any atom is 0.251 e. The molecule has 0 aliphatic rings. The summed E-state index contributed by atoms with van der Waals surface area (Å²) in [5.41, 5.74) is 2.24. The average molecular weight is 353 g/mol. The SMILES string of the molecule is CC(C)(C)c1ccc(C(=O)NCc2nnnn2-c2cccc(F)c2)cc1. The molecule has 0 fully saturated rings. The van der Waals surface area contributed by atoms with Gasteiger partial charge in [0, 0.05) is 5.56 Å². The van der Waals surface area contributed by atoms with Gasteiger partial charge in [0.25, 0.3) is 5.91 Å². The van der Waals surface area contributed by atoms with Crippen LogP contribution >= 0.6 is 0 Å². The van der Waals surface area contributed by atoms with Gasteiger partial charge in [-0.05, 0) is 51.7 Å². The van der Waals surface area contributed by atoms with Gasteiger partial charge in [0.1, 0.15) is 5.82 Å². The quantitative estimate of drug-likeness (QED) is 0.782. The van der Waals surface area contributed by atoms with Crippen LogP contribution in [0, 0.1) is 5.82 Å². The molecule has 7 heteroatoms. The molecule has 0 aliphatic heterocycles. The molecule has 0 saturated carbocycles. The second-order valence-electron chi connectivity index (χ2n) is 7.00. The fourth-order valence-corrected chi connectivity index (χ4v) is 2.51. The minimum atomic E-state index is -0.382. The van der Waals surface area contributed by atoms with Crippen LogP contribution in [0.1, 0.15) is 42.5 Å². The first-order valence-electron chi connectivity index (χ1n) is 8.26.